The van der Waals surface area contributed by atoms with Gasteiger partial charge in [0, 0.05) is 41.7 Å². The second-order valence-corrected chi connectivity index (χ2v) is 10.6. The number of hydrogen-bond donors (Lipinski definition) is 0. The molecule has 4 heterocycles. The van der Waals surface area contributed by atoms with Crippen LogP contribution in [-0.2, 0) is 17.7 Å². The van der Waals surface area contributed by atoms with E-state index in [1.807, 2.05) is 6.92 Å². The van der Waals surface area contributed by atoms with Crippen molar-refractivity contribution >= 4 is 16.9 Å². The Bertz CT molecular complexity index is 1610. The number of halogens is 2. The molecule has 0 N–H and O–H groups in total. The lowest BCUT2D eigenvalue weighted by molar-refractivity contribution is 0.0199. The van der Waals surface area contributed by atoms with Gasteiger partial charge >= 0.3 is 5.97 Å². The van der Waals surface area contributed by atoms with E-state index in [9.17, 15) is 18.4 Å². The second kappa shape index (κ2) is 10.9. The van der Waals surface area contributed by atoms with Gasteiger partial charge in [-0.25, -0.2) is 18.6 Å². The molecule has 0 spiro atoms. The summed E-state index contributed by atoms with van der Waals surface area (Å²) in [6, 6.07) is 9.73. The minimum absolute atomic E-state index is 0.0822. The highest BCUT2D eigenvalue weighted by Gasteiger charge is 2.29. The van der Waals surface area contributed by atoms with E-state index in [2.05, 4.69) is 10.1 Å². The molecular weight excluding hydrogens is 518 g/mol. The van der Waals surface area contributed by atoms with Crippen LogP contribution in [0.3, 0.4) is 0 Å². The molecule has 0 amide bonds. The number of benzene rings is 2. The quantitative estimate of drug-likeness (QED) is 0.310. The number of hydrogen-bond acceptors (Lipinski definition) is 7. The third-order valence-electron chi connectivity index (χ3n) is 8.08. The third kappa shape index (κ3) is 5.15. The molecule has 2 aliphatic rings. The fourth-order valence-corrected chi connectivity index (χ4v) is 5.86. The molecule has 0 radical (unpaired) electrons. The van der Waals surface area contributed by atoms with Gasteiger partial charge < -0.3 is 14.2 Å². The monoisotopic (exact) mass is 548 g/mol. The Morgan fingerprint density at radius 1 is 1.05 bits per heavy atom. The van der Waals surface area contributed by atoms with Gasteiger partial charge in [0.25, 0.3) is 5.56 Å². The predicted octanol–water partition coefficient (Wildman–Crippen LogP) is 5.09. The Hall–Kier alpha value is -3.92. The van der Waals surface area contributed by atoms with E-state index >= 15 is 0 Å². The van der Waals surface area contributed by atoms with Crippen LogP contribution in [0.15, 0.2) is 51.8 Å². The van der Waals surface area contributed by atoms with Gasteiger partial charge in [0.05, 0.1) is 11.3 Å². The van der Waals surface area contributed by atoms with Gasteiger partial charge in [-0.15, -0.1) is 0 Å². The van der Waals surface area contributed by atoms with Crippen LogP contribution < -0.4 is 5.56 Å². The fraction of sp³-hybridized carbons (Fsp3) is 0.400. The van der Waals surface area contributed by atoms with Crippen LogP contribution in [0, 0.1) is 18.6 Å². The molecule has 10 heteroatoms. The van der Waals surface area contributed by atoms with Crippen molar-refractivity contribution in [2.75, 3.05) is 19.6 Å². The number of likely N-dealkylation sites (tertiary alicyclic amines) is 1. The Kier molecular flexibility index (Phi) is 7.18. The predicted molar refractivity (Wildman–Crippen MR) is 143 cm³/mol. The summed E-state index contributed by atoms with van der Waals surface area (Å²) in [5.41, 5.74) is 2.86. The first kappa shape index (κ1) is 26.3. The molecule has 0 saturated carbocycles. The molecule has 2 aliphatic heterocycles. The zero-order valence-corrected chi connectivity index (χ0v) is 22.2. The first-order valence-corrected chi connectivity index (χ1v) is 13.7. The Morgan fingerprint density at radius 2 is 1.80 bits per heavy atom. The van der Waals surface area contributed by atoms with E-state index < -0.39 is 17.9 Å². The van der Waals surface area contributed by atoms with Gasteiger partial charge in [-0.05, 0) is 88.5 Å². The molecule has 0 aliphatic carbocycles. The Morgan fingerprint density at radius 3 is 2.58 bits per heavy atom. The van der Waals surface area contributed by atoms with Crippen LogP contribution in [0.2, 0.25) is 0 Å². The summed E-state index contributed by atoms with van der Waals surface area (Å²) < 4.78 is 39.4. The molecule has 208 valence electrons. The second-order valence-electron chi connectivity index (χ2n) is 10.6. The van der Waals surface area contributed by atoms with E-state index in [-0.39, 0.29) is 22.9 Å². The van der Waals surface area contributed by atoms with Gasteiger partial charge in [-0.2, -0.15) is 0 Å². The number of aromatic nitrogens is 3. The van der Waals surface area contributed by atoms with Crippen LogP contribution >= 0.6 is 0 Å². The van der Waals surface area contributed by atoms with Crippen molar-refractivity contribution in [1.82, 2.24) is 19.6 Å². The molecule has 4 aromatic rings. The van der Waals surface area contributed by atoms with E-state index in [0.29, 0.717) is 48.5 Å². The number of piperidine rings is 1. The van der Waals surface area contributed by atoms with Crippen molar-refractivity contribution in [2.24, 2.45) is 0 Å². The molecule has 8 nitrogen and oxygen atoms in total. The molecule has 0 bridgehead atoms. The molecule has 6 rings (SSSR count). The smallest absolute Gasteiger partial charge is 0.338 e. The highest BCUT2D eigenvalue weighted by molar-refractivity contribution is 5.89. The van der Waals surface area contributed by atoms with E-state index in [1.165, 1.54) is 36.4 Å². The number of esters is 1. The zero-order valence-electron chi connectivity index (χ0n) is 22.2. The maximum absolute atomic E-state index is 13.5. The summed E-state index contributed by atoms with van der Waals surface area (Å²) in [5.74, 6) is -0.622. The fourth-order valence-electron chi connectivity index (χ4n) is 5.86. The van der Waals surface area contributed by atoms with E-state index in [4.69, 9.17) is 14.2 Å². The van der Waals surface area contributed by atoms with Gasteiger partial charge in [-0.1, -0.05) is 5.16 Å². The lowest BCUT2D eigenvalue weighted by Gasteiger charge is -2.31. The number of carbonyl (C=O) groups excluding carboxylic acids is 1. The summed E-state index contributed by atoms with van der Waals surface area (Å²) in [6.07, 6.45) is 3.02. The third-order valence-corrected chi connectivity index (χ3v) is 8.08. The van der Waals surface area contributed by atoms with Gasteiger partial charge in [0.15, 0.2) is 17.5 Å². The van der Waals surface area contributed by atoms with Crippen LogP contribution in [-0.4, -0.2) is 45.2 Å². The molecule has 1 fully saturated rings. The van der Waals surface area contributed by atoms with E-state index in [0.717, 1.165) is 43.6 Å². The number of fused-ring (bicyclic) bond motifs is 2. The van der Waals surface area contributed by atoms with Crippen molar-refractivity contribution in [1.29, 1.82) is 0 Å². The lowest BCUT2D eigenvalue weighted by atomic mass is 9.91. The van der Waals surface area contributed by atoms with Gasteiger partial charge in [0.1, 0.15) is 11.6 Å². The molecule has 1 atom stereocenters. The number of nitrogens with zero attached hydrogens (tertiary/aromatic N) is 4. The maximum Gasteiger partial charge on any atom is 0.338 e. The van der Waals surface area contributed by atoms with Gasteiger partial charge in [0.2, 0.25) is 0 Å². The highest BCUT2D eigenvalue weighted by atomic mass is 19.1. The van der Waals surface area contributed by atoms with Crippen molar-refractivity contribution in [3.8, 4) is 0 Å². The SMILES string of the molecule is Cc1nc2n(c(=O)c1CCN1CCC(c3noc4cc(F)ccc34)CC1)CCCC2OC(=O)c1ccc(F)cc1. The summed E-state index contributed by atoms with van der Waals surface area (Å²) in [4.78, 5) is 33.2. The normalized spacial score (nSPS) is 18.1. The first-order valence-electron chi connectivity index (χ1n) is 13.7. The number of aryl methyl sites for hydroxylation is 1. The van der Waals surface area contributed by atoms with Crippen LogP contribution in [0.1, 0.15) is 70.8 Å². The van der Waals surface area contributed by atoms with Crippen molar-refractivity contribution in [3.63, 3.8) is 0 Å². The molecule has 1 saturated heterocycles. The lowest BCUT2D eigenvalue weighted by Crippen LogP contribution is -2.38. The largest absolute Gasteiger partial charge is 0.451 e. The van der Waals surface area contributed by atoms with Crippen LogP contribution in [0.25, 0.3) is 11.0 Å². The van der Waals surface area contributed by atoms with Crippen molar-refractivity contribution < 1.29 is 22.8 Å². The summed E-state index contributed by atoms with van der Waals surface area (Å²) in [7, 11) is 0. The first-order chi connectivity index (χ1) is 19.4. The van der Waals surface area contributed by atoms with Crippen LogP contribution in [0.4, 0.5) is 8.78 Å². The Balaban J connectivity index is 1.10. The van der Waals surface area contributed by atoms with Crippen LogP contribution in [0.5, 0.6) is 0 Å². The number of rotatable bonds is 6. The van der Waals surface area contributed by atoms with Crippen molar-refractivity contribution in [3.05, 3.63) is 92.8 Å². The minimum atomic E-state index is -0.630. The average Bonchev–Trinajstić information content (AvgIpc) is 3.37. The molecular formula is C30H30F2N4O4. The number of ether oxygens (including phenoxy) is 1. The molecule has 1 unspecified atom stereocenters. The molecule has 2 aromatic heterocycles. The maximum atomic E-state index is 13.5. The standard InChI is InChI=1S/C30H30F2N4O4/c1-18-23(12-16-35-14-10-19(11-15-35)27-24-9-8-22(32)17-26(24)40-34-27)29(37)36-13-2-3-25(28(36)33-18)39-30(38)20-4-6-21(31)7-5-20/h4-9,17,19,25H,2-3,10-16H2,1H3. The topological polar surface area (TPSA) is 90.5 Å². The Labute approximate surface area is 229 Å². The van der Waals surface area contributed by atoms with Crippen molar-refractivity contribution in [2.45, 2.75) is 57.6 Å². The summed E-state index contributed by atoms with van der Waals surface area (Å²) in [5, 5.41) is 5.09. The minimum Gasteiger partial charge on any atom is -0.451 e. The number of carbonyl (C=O) groups is 1. The molecule has 2 aromatic carbocycles. The average molecular weight is 549 g/mol. The highest BCUT2D eigenvalue weighted by Crippen LogP contribution is 2.33. The zero-order chi connectivity index (χ0) is 27.8. The van der Waals surface area contributed by atoms with E-state index in [1.54, 1.807) is 10.6 Å². The molecule has 40 heavy (non-hydrogen) atoms. The summed E-state index contributed by atoms with van der Waals surface area (Å²) >= 11 is 0. The summed E-state index contributed by atoms with van der Waals surface area (Å²) in [6.45, 7) is 4.81. The van der Waals surface area contributed by atoms with Gasteiger partial charge in [-0.3, -0.25) is 9.36 Å².